The van der Waals surface area contributed by atoms with Gasteiger partial charge in [-0.2, -0.15) is 0 Å². The summed E-state index contributed by atoms with van der Waals surface area (Å²) >= 11 is 1.61. The van der Waals surface area contributed by atoms with Crippen LogP contribution in [0.2, 0.25) is 0 Å². The Hall–Kier alpha value is -1.63. The van der Waals surface area contributed by atoms with Gasteiger partial charge in [0.25, 0.3) is 0 Å². The number of nitrogens with one attached hydrogen (secondary N) is 1. The number of nitrogens with zero attached hydrogens (tertiary/aromatic N) is 1. The maximum absolute atomic E-state index is 12.2. The third-order valence-corrected chi connectivity index (χ3v) is 4.86. The van der Waals surface area contributed by atoms with E-state index in [1.807, 2.05) is 36.6 Å². The van der Waals surface area contributed by atoms with Gasteiger partial charge in [-0.05, 0) is 30.5 Å². The average Bonchev–Trinajstić information content (AvgIpc) is 3.21. The largest absolute Gasteiger partial charge is 0.465 e. The van der Waals surface area contributed by atoms with E-state index in [-0.39, 0.29) is 11.9 Å². The van der Waals surface area contributed by atoms with E-state index in [0.717, 1.165) is 42.7 Å². The molecule has 0 saturated carbocycles. The van der Waals surface area contributed by atoms with Crippen molar-refractivity contribution in [2.75, 3.05) is 32.8 Å². The Morgan fingerprint density at radius 3 is 2.83 bits per heavy atom. The van der Waals surface area contributed by atoms with Gasteiger partial charge < -0.3 is 14.5 Å². The topological polar surface area (TPSA) is 54.7 Å². The van der Waals surface area contributed by atoms with Gasteiger partial charge in [-0.25, -0.2) is 0 Å². The number of rotatable bonds is 6. The monoisotopic (exact) mass is 334 g/mol. The van der Waals surface area contributed by atoms with Crippen molar-refractivity contribution >= 4 is 17.2 Å². The van der Waals surface area contributed by atoms with Crippen molar-refractivity contribution < 1.29 is 13.9 Å². The lowest BCUT2D eigenvalue weighted by molar-refractivity contribution is -0.120. The summed E-state index contributed by atoms with van der Waals surface area (Å²) in [5.41, 5.74) is 0. The summed E-state index contributed by atoms with van der Waals surface area (Å²) in [4.78, 5) is 15.6. The van der Waals surface area contributed by atoms with E-state index >= 15 is 0 Å². The maximum atomic E-state index is 12.2. The normalized spacial score (nSPS) is 17.1. The van der Waals surface area contributed by atoms with Crippen molar-refractivity contribution in [2.24, 2.45) is 0 Å². The molecule has 0 unspecified atom stereocenters. The molecule has 1 amide bonds. The fraction of sp³-hybridized carbons (Fsp3) is 0.471. The molecule has 1 saturated heterocycles. The summed E-state index contributed by atoms with van der Waals surface area (Å²) < 4.78 is 11.2. The Kier molecular flexibility index (Phi) is 5.48. The van der Waals surface area contributed by atoms with E-state index in [2.05, 4.69) is 10.2 Å². The van der Waals surface area contributed by atoms with Crippen LogP contribution in [0, 0.1) is 6.92 Å². The molecule has 23 heavy (non-hydrogen) atoms. The Balaban J connectivity index is 1.62. The predicted molar refractivity (Wildman–Crippen MR) is 89.6 cm³/mol. The van der Waals surface area contributed by atoms with Crippen LogP contribution in [0.1, 0.15) is 22.4 Å². The first-order valence-electron chi connectivity index (χ1n) is 7.89. The van der Waals surface area contributed by atoms with Gasteiger partial charge in [0.15, 0.2) is 0 Å². The van der Waals surface area contributed by atoms with Crippen molar-refractivity contribution in [3.8, 4) is 0 Å². The number of carbonyl (C=O) groups excluding carboxylic acids is 1. The van der Waals surface area contributed by atoms with Gasteiger partial charge in [0.2, 0.25) is 5.91 Å². The molecule has 2 aromatic rings. The van der Waals surface area contributed by atoms with Crippen molar-refractivity contribution in [3.05, 3.63) is 46.0 Å². The van der Waals surface area contributed by atoms with E-state index in [9.17, 15) is 4.79 Å². The molecular weight excluding hydrogens is 312 g/mol. The van der Waals surface area contributed by atoms with Gasteiger partial charge >= 0.3 is 0 Å². The zero-order valence-electron chi connectivity index (χ0n) is 13.3. The molecule has 1 N–H and O–H groups in total. The summed E-state index contributed by atoms with van der Waals surface area (Å²) in [6.45, 7) is 5.64. The Morgan fingerprint density at radius 1 is 1.35 bits per heavy atom. The molecule has 0 spiro atoms. The van der Waals surface area contributed by atoms with Crippen LogP contribution in [0.15, 0.2) is 34.1 Å². The molecule has 1 aliphatic heterocycles. The second kappa shape index (κ2) is 7.77. The highest BCUT2D eigenvalue weighted by Gasteiger charge is 2.25. The molecule has 5 nitrogen and oxygen atoms in total. The maximum Gasteiger partial charge on any atom is 0.225 e. The molecule has 0 radical (unpaired) electrons. The molecule has 2 aromatic heterocycles. The molecule has 124 valence electrons. The van der Waals surface area contributed by atoms with E-state index in [1.54, 1.807) is 11.3 Å². The van der Waals surface area contributed by atoms with Gasteiger partial charge in [-0.15, -0.1) is 11.3 Å². The molecule has 3 rings (SSSR count). The first-order chi connectivity index (χ1) is 11.2. The Labute approximate surface area is 140 Å². The molecular formula is C17H22N2O3S. The van der Waals surface area contributed by atoms with E-state index in [4.69, 9.17) is 9.15 Å². The lowest BCUT2D eigenvalue weighted by atomic mass is 10.1. The number of furan rings is 1. The first kappa shape index (κ1) is 16.2. The van der Waals surface area contributed by atoms with Crippen molar-refractivity contribution in [1.82, 2.24) is 10.2 Å². The highest BCUT2D eigenvalue weighted by Crippen LogP contribution is 2.23. The minimum absolute atomic E-state index is 0.0500. The molecule has 0 aromatic carbocycles. The lowest BCUT2D eigenvalue weighted by Gasteiger charge is -2.33. The minimum Gasteiger partial charge on any atom is -0.465 e. The molecule has 1 aliphatic rings. The number of carbonyl (C=O) groups is 1. The van der Waals surface area contributed by atoms with Crippen LogP contribution in [0.5, 0.6) is 0 Å². The molecule has 0 bridgehead atoms. The predicted octanol–water partition coefficient (Wildman–Crippen LogP) is 2.38. The summed E-state index contributed by atoms with van der Waals surface area (Å²) in [5, 5.41) is 5.04. The molecule has 0 aliphatic carbocycles. The fourth-order valence-corrected chi connectivity index (χ4v) is 3.48. The van der Waals surface area contributed by atoms with Crippen molar-refractivity contribution in [3.63, 3.8) is 0 Å². The molecule has 1 fully saturated rings. The highest BCUT2D eigenvalue weighted by atomic mass is 32.1. The highest BCUT2D eigenvalue weighted by molar-refractivity contribution is 7.10. The number of morpholine rings is 1. The quantitative estimate of drug-likeness (QED) is 0.881. The second-order valence-corrected chi connectivity index (χ2v) is 6.71. The van der Waals surface area contributed by atoms with Gasteiger partial charge in [-0.1, -0.05) is 6.07 Å². The third-order valence-electron chi connectivity index (χ3n) is 3.98. The minimum atomic E-state index is 0.0500. The van der Waals surface area contributed by atoms with Crippen molar-refractivity contribution in [1.29, 1.82) is 0 Å². The zero-order valence-corrected chi connectivity index (χ0v) is 14.1. The van der Waals surface area contributed by atoms with Crippen LogP contribution in [-0.2, 0) is 16.0 Å². The van der Waals surface area contributed by atoms with E-state index in [1.165, 1.54) is 0 Å². The van der Waals surface area contributed by atoms with Crippen LogP contribution in [-0.4, -0.2) is 43.7 Å². The zero-order chi connectivity index (χ0) is 16.1. The van der Waals surface area contributed by atoms with E-state index in [0.29, 0.717) is 13.0 Å². The third kappa shape index (κ3) is 4.43. The number of hydrogen-bond donors (Lipinski definition) is 1. The molecule has 6 heteroatoms. The van der Waals surface area contributed by atoms with Crippen LogP contribution >= 0.6 is 11.3 Å². The SMILES string of the molecule is Cc1ccc([C@H](CNC(=O)Cc2cccs2)N2CCOCC2)o1. The number of aryl methyl sites for hydroxylation is 1. The number of hydrogen-bond acceptors (Lipinski definition) is 5. The fourth-order valence-electron chi connectivity index (χ4n) is 2.78. The summed E-state index contributed by atoms with van der Waals surface area (Å²) in [7, 11) is 0. The van der Waals surface area contributed by atoms with Gasteiger partial charge in [0.1, 0.15) is 11.5 Å². The summed E-state index contributed by atoms with van der Waals surface area (Å²) in [6.07, 6.45) is 0.435. The second-order valence-electron chi connectivity index (χ2n) is 5.67. The van der Waals surface area contributed by atoms with Crippen LogP contribution in [0.25, 0.3) is 0 Å². The lowest BCUT2D eigenvalue weighted by Crippen LogP contribution is -2.43. The smallest absolute Gasteiger partial charge is 0.225 e. The Bertz CT molecular complexity index is 618. The van der Waals surface area contributed by atoms with Crippen LogP contribution in [0.4, 0.5) is 0 Å². The molecule has 3 heterocycles. The van der Waals surface area contributed by atoms with Gasteiger partial charge in [-0.3, -0.25) is 9.69 Å². The van der Waals surface area contributed by atoms with Crippen LogP contribution in [0.3, 0.4) is 0 Å². The molecule has 1 atom stereocenters. The average molecular weight is 334 g/mol. The number of ether oxygens (including phenoxy) is 1. The van der Waals surface area contributed by atoms with Crippen LogP contribution < -0.4 is 5.32 Å². The summed E-state index contributed by atoms with van der Waals surface area (Å²) in [5.74, 6) is 1.85. The van der Waals surface area contributed by atoms with Gasteiger partial charge in [0, 0.05) is 24.5 Å². The Morgan fingerprint density at radius 2 is 2.17 bits per heavy atom. The van der Waals surface area contributed by atoms with E-state index < -0.39 is 0 Å². The number of amides is 1. The van der Waals surface area contributed by atoms with Gasteiger partial charge in [0.05, 0.1) is 25.7 Å². The van der Waals surface area contributed by atoms with Crippen molar-refractivity contribution in [2.45, 2.75) is 19.4 Å². The first-order valence-corrected chi connectivity index (χ1v) is 8.77. The summed E-state index contributed by atoms with van der Waals surface area (Å²) in [6, 6.07) is 7.98. The number of thiophene rings is 1. The standard InChI is InChI=1S/C17H22N2O3S/c1-13-4-5-16(22-13)15(19-6-8-21-9-7-19)12-18-17(20)11-14-3-2-10-23-14/h2-5,10,15H,6-9,11-12H2,1H3,(H,18,20)/t15-/m0/s1.